The number of rotatable bonds is 3. The summed E-state index contributed by atoms with van der Waals surface area (Å²) in [7, 11) is 0. The summed E-state index contributed by atoms with van der Waals surface area (Å²) in [5.74, 6) is 0.330. The first-order valence-electron chi connectivity index (χ1n) is 6.64. The van der Waals surface area contributed by atoms with E-state index in [-0.39, 0.29) is 11.8 Å². The van der Waals surface area contributed by atoms with Crippen LogP contribution in [0.2, 0.25) is 0 Å². The molecule has 3 rings (SSSR count). The molecule has 2 aromatic rings. The second-order valence-electron chi connectivity index (χ2n) is 5.01. The molecule has 20 heavy (non-hydrogen) atoms. The predicted octanol–water partition coefficient (Wildman–Crippen LogP) is 3.30. The highest BCUT2D eigenvalue weighted by Crippen LogP contribution is 2.47. The number of amides is 1. The van der Waals surface area contributed by atoms with E-state index in [0.29, 0.717) is 17.2 Å². The summed E-state index contributed by atoms with van der Waals surface area (Å²) < 4.78 is 0. The number of para-hydroxylation sites is 1. The number of nitrogens with zero attached hydrogens (tertiary/aromatic N) is 1. The van der Waals surface area contributed by atoms with Crippen LogP contribution in [0.3, 0.4) is 0 Å². The van der Waals surface area contributed by atoms with Crippen molar-refractivity contribution in [1.82, 2.24) is 0 Å². The Hall–Kier alpha value is -2.60. The molecule has 0 bridgehead atoms. The van der Waals surface area contributed by atoms with Crippen LogP contribution >= 0.6 is 0 Å². The zero-order chi connectivity index (χ0) is 13.9. The summed E-state index contributed by atoms with van der Waals surface area (Å²) >= 11 is 0. The van der Waals surface area contributed by atoms with E-state index in [1.807, 2.05) is 24.3 Å². The monoisotopic (exact) mass is 262 g/mol. The topological polar surface area (TPSA) is 52.9 Å². The van der Waals surface area contributed by atoms with Crippen molar-refractivity contribution in [2.45, 2.75) is 12.3 Å². The zero-order valence-corrected chi connectivity index (χ0v) is 10.9. The van der Waals surface area contributed by atoms with E-state index in [2.05, 4.69) is 23.5 Å². The molecule has 2 atom stereocenters. The molecule has 0 spiro atoms. The minimum atomic E-state index is 0.00144. The average molecular weight is 262 g/mol. The van der Waals surface area contributed by atoms with Gasteiger partial charge in [-0.25, -0.2) is 0 Å². The lowest BCUT2D eigenvalue weighted by Gasteiger charge is -2.06. The molecular weight excluding hydrogens is 248 g/mol. The van der Waals surface area contributed by atoms with Gasteiger partial charge in [-0.2, -0.15) is 5.26 Å². The molecule has 1 saturated carbocycles. The first kappa shape index (κ1) is 12.4. The molecule has 1 aliphatic carbocycles. The van der Waals surface area contributed by atoms with E-state index < -0.39 is 0 Å². The molecule has 0 heterocycles. The normalized spacial score (nSPS) is 19.9. The highest BCUT2D eigenvalue weighted by Gasteiger charge is 2.43. The Labute approximate surface area is 117 Å². The zero-order valence-electron chi connectivity index (χ0n) is 10.9. The second kappa shape index (κ2) is 5.18. The molecular formula is C17H14N2O. The fraction of sp³-hybridized carbons (Fsp3) is 0.176. The van der Waals surface area contributed by atoms with Gasteiger partial charge in [0.2, 0.25) is 5.91 Å². The number of carbonyl (C=O) groups excluding carboxylic acids is 1. The summed E-state index contributed by atoms with van der Waals surface area (Å²) in [6.45, 7) is 0. The molecule has 0 aromatic heterocycles. The molecule has 1 amide bonds. The fourth-order valence-corrected chi connectivity index (χ4v) is 2.47. The molecule has 0 radical (unpaired) electrons. The predicted molar refractivity (Wildman–Crippen MR) is 77.1 cm³/mol. The number of hydrogen-bond acceptors (Lipinski definition) is 2. The molecule has 2 aromatic carbocycles. The summed E-state index contributed by atoms with van der Waals surface area (Å²) in [4.78, 5) is 12.2. The van der Waals surface area contributed by atoms with Crippen LogP contribution in [-0.2, 0) is 4.79 Å². The van der Waals surface area contributed by atoms with Crippen molar-refractivity contribution < 1.29 is 4.79 Å². The van der Waals surface area contributed by atoms with Crippen molar-refractivity contribution in [2.75, 3.05) is 5.32 Å². The number of hydrogen-bond donors (Lipinski definition) is 1. The maximum absolute atomic E-state index is 12.2. The minimum absolute atomic E-state index is 0.00144. The Balaban J connectivity index is 1.69. The van der Waals surface area contributed by atoms with Crippen molar-refractivity contribution in [3.63, 3.8) is 0 Å². The lowest BCUT2D eigenvalue weighted by molar-refractivity contribution is -0.117. The van der Waals surface area contributed by atoms with Crippen LogP contribution in [0, 0.1) is 17.2 Å². The molecule has 0 aliphatic heterocycles. The van der Waals surface area contributed by atoms with E-state index in [4.69, 9.17) is 5.26 Å². The third-order valence-corrected chi connectivity index (χ3v) is 3.66. The van der Waals surface area contributed by atoms with E-state index >= 15 is 0 Å². The Morgan fingerprint density at radius 2 is 1.80 bits per heavy atom. The van der Waals surface area contributed by atoms with Gasteiger partial charge >= 0.3 is 0 Å². The van der Waals surface area contributed by atoms with Crippen molar-refractivity contribution in [2.24, 2.45) is 5.92 Å². The average Bonchev–Trinajstić information content (AvgIpc) is 3.29. The number of anilines is 1. The van der Waals surface area contributed by atoms with Crippen molar-refractivity contribution in [1.29, 1.82) is 5.26 Å². The Kier molecular flexibility index (Phi) is 3.22. The van der Waals surface area contributed by atoms with Gasteiger partial charge < -0.3 is 5.32 Å². The molecule has 0 saturated heterocycles. The second-order valence-corrected chi connectivity index (χ2v) is 5.01. The molecule has 98 valence electrons. The van der Waals surface area contributed by atoms with Crippen LogP contribution in [0.15, 0.2) is 54.6 Å². The van der Waals surface area contributed by atoms with Crippen LogP contribution in [-0.4, -0.2) is 5.91 Å². The van der Waals surface area contributed by atoms with Gasteiger partial charge in [-0.05, 0) is 30.0 Å². The van der Waals surface area contributed by atoms with Gasteiger partial charge in [-0.1, -0.05) is 42.5 Å². The van der Waals surface area contributed by atoms with E-state index in [1.165, 1.54) is 5.56 Å². The SMILES string of the molecule is N#Cc1ccccc1NC(=O)[C@H]1C[C@@H]1c1ccccc1. The van der Waals surface area contributed by atoms with Gasteiger partial charge in [0.1, 0.15) is 6.07 Å². The first-order chi connectivity index (χ1) is 9.79. The van der Waals surface area contributed by atoms with Gasteiger partial charge in [0, 0.05) is 5.92 Å². The molecule has 3 nitrogen and oxygen atoms in total. The summed E-state index contributed by atoms with van der Waals surface area (Å²) in [5.41, 5.74) is 2.30. The highest BCUT2D eigenvalue weighted by molar-refractivity contribution is 5.96. The molecule has 1 N–H and O–H groups in total. The first-order valence-corrected chi connectivity index (χ1v) is 6.64. The maximum atomic E-state index is 12.2. The standard InChI is InChI=1S/C17H14N2O/c18-11-13-8-4-5-9-16(13)19-17(20)15-10-14(15)12-6-2-1-3-7-12/h1-9,14-15H,10H2,(H,19,20)/t14-,15+/m1/s1. The molecule has 0 unspecified atom stereocenters. The van der Waals surface area contributed by atoms with Gasteiger partial charge in [0.15, 0.2) is 0 Å². The smallest absolute Gasteiger partial charge is 0.228 e. The Morgan fingerprint density at radius 1 is 1.10 bits per heavy atom. The van der Waals surface area contributed by atoms with Crippen molar-refractivity contribution in [3.05, 3.63) is 65.7 Å². The number of benzene rings is 2. The van der Waals surface area contributed by atoms with Crippen molar-refractivity contribution in [3.8, 4) is 6.07 Å². The van der Waals surface area contributed by atoms with Crippen molar-refractivity contribution >= 4 is 11.6 Å². The van der Waals surface area contributed by atoms with Gasteiger partial charge in [0.05, 0.1) is 11.3 Å². The van der Waals surface area contributed by atoms with Gasteiger partial charge in [-0.3, -0.25) is 4.79 Å². The van der Waals surface area contributed by atoms with Crippen LogP contribution in [0.4, 0.5) is 5.69 Å². The number of nitrogens with one attached hydrogen (secondary N) is 1. The summed E-state index contributed by atoms with van der Waals surface area (Å²) in [6.07, 6.45) is 0.880. The quantitative estimate of drug-likeness (QED) is 0.922. The van der Waals surface area contributed by atoms with Gasteiger partial charge in [-0.15, -0.1) is 0 Å². The number of nitriles is 1. The lowest BCUT2D eigenvalue weighted by atomic mass is 10.1. The van der Waals surface area contributed by atoms with Gasteiger partial charge in [0.25, 0.3) is 0 Å². The Bertz CT molecular complexity index is 673. The third-order valence-electron chi connectivity index (χ3n) is 3.66. The van der Waals surface area contributed by atoms with E-state index in [1.54, 1.807) is 18.2 Å². The molecule has 1 fully saturated rings. The van der Waals surface area contributed by atoms with Crippen LogP contribution in [0.1, 0.15) is 23.5 Å². The Morgan fingerprint density at radius 3 is 2.55 bits per heavy atom. The summed E-state index contributed by atoms with van der Waals surface area (Å²) in [6, 6.07) is 19.2. The molecule has 1 aliphatic rings. The molecule has 3 heteroatoms. The van der Waals surface area contributed by atoms with E-state index in [9.17, 15) is 4.79 Å². The largest absolute Gasteiger partial charge is 0.325 e. The number of carbonyl (C=O) groups is 1. The highest BCUT2D eigenvalue weighted by atomic mass is 16.2. The maximum Gasteiger partial charge on any atom is 0.228 e. The van der Waals surface area contributed by atoms with Crippen LogP contribution in [0.5, 0.6) is 0 Å². The van der Waals surface area contributed by atoms with Crippen LogP contribution < -0.4 is 5.32 Å². The third kappa shape index (κ3) is 2.41. The minimum Gasteiger partial charge on any atom is -0.325 e. The van der Waals surface area contributed by atoms with Crippen LogP contribution in [0.25, 0.3) is 0 Å². The summed E-state index contributed by atoms with van der Waals surface area (Å²) in [5, 5.41) is 11.9. The fourth-order valence-electron chi connectivity index (χ4n) is 2.47. The lowest BCUT2D eigenvalue weighted by Crippen LogP contribution is -2.15. The van der Waals surface area contributed by atoms with E-state index in [0.717, 1.165) is 6.42 Å².